The van der Waals surface area contributed by atoms with E-state index >= 15 is 0 Å². The molecule has 4 nitrogen and oxygen atoms in total. The molecule has 0 aromatic heterocycles. The first kappa shape index (κ1) is 15.6. The van der Waals surface area contributed by atoms with Crippen molar-refractivity contribution in [2.75, 3.05) is 19.6 Å². The molecule has 0 amide bonds. The molecule has 3 N–H and O–H groups in total. The van der Waals surface area contributed by atoms with Crippen LogP contribution in [0.25, 0.3) is 0 Å². The molecular formula is C16H32N4. The lowest BCUT2D eigenvalue weighted by atomic mass is 9.96. The summed E-state index contributed by atoms with van der Waals surface area (Å²) < 4.78 is 0. The summed E-state index contributed by atoms with van der Waals surface area (Å²) in [6, 6.07) is 1.32. The second-order valence-electron chi connectivity index (χ2n) is 6.48. The monoisotopic (exact) mass is 280 g/mol. The van der Waals surface area contributed by atoms with Gasteiger partial charge in [-0.05, 0) is 45.6 Å². The van der Waals surface area contributed by atoms with E-state index < -0.39 is 0 Å². The molecule has 1 aliphatic heterocycles. The van der Waals surface area contributed by atoms with E-state index in [9.17, 15) is 0 Å². The van der Waals surface area contributed by atoms with E-state index in [-0.39, 0.29) is 0 Å². The molecule has 2 rings (SSSR count). The maximum atomic E-state index is 5.98. The predicted octanol–water partition coefficient (Wildman–Crippen LogP) is 2.49. The van der Waals surface area contributed by atoms with Gasteiger partial charge in [0.05, 0.1) is 0 Å². The largest absolute Gasteiger partial charge is 0.370 e. The Labute approximate surface area is 124 Å². The summed E-state index contributed by atoms with van der Waals surface area (Å²) in [4.78, 5) is 7.09. The van der Waals surface area contributed by atoms with E-state index in [1.807, 2.05) is 0 Å². The molecule has 1 saturated heterocycles. The summed E-state index contributed by atoms with van der Waals surface area (Å²) in [6.07, 6.45) is 11.8. The van der Waals surface area contributed by atoms with Crippen LogP contribution in [-0.4, -0.2) is 42.6 Å². The fraction of sp³-hybridized carbons (Fsp3) is 0.938. The fourth-order valence-corrected chi connectivity index (χ4v) is 3.46. The fourth-order valence-electron chi connectivity index (χ4n) is 3.46. The molecule has 1 unspecified atom stereocenters. The Morgan fingerprint density at radius 3 is 2.65 bits per heavy atom. The maximum Gasteiger partial charge on any atom is 0.188 e. The van der Waals surface area contributed by atoms with Gasteiger partial charge in [-0.1, -0.05) is 25.7 Å². The van der Waals surface area contributed by atoms with Crippen LogP contribution in [0.1, 0.15) is 64.7 Å². The third kappa shape index (κ3) is 5.31. The molecular weight excluding hydrogens is 248 g/mol. The lowest BCUT2D eigenvalue weighted by Gasteiger charge is -2.33. The van der Waals surface area contributed by atoms with Crippen LogP contribution in [0.2, 0.25) is 0 Å². The number of guanidine groups is 1. The minimum absolute atomic E-state index is 0.564. The van der Waals surface area contributed by atoms with Gasteiger partial charge >= 0.3 is 0 Å². The molecule has 0 bridgehead atoms. The zero-order valence-corrected chi connectivity index (χ0v) is 13.1. The van der Waals surface area contributed by atoms with Crippen molar-refractivity contribution < 1.29 is 0 Å². The second kappa shape index (κ2) is 8.50. The number of likely N-dealkylation sites (tertiary alicyclic amines) is 1. The molecule has 0 aromatic carbocycles. The van der Waals surface area contributed by atoms with Crippen LogP contribution < -0.4 is 11.1 Å². The first-order valence-electron chi connectivity index (χ1n) is 8.56. The van der Waals surface area contributed by atoms with Crippen LogP contribution in [0.4, 0.5) is 0 Å². The highest BCUT2D eigenvalue weighted by atomic mass is 15.2. The van der Waals surface area contributed by atoms with Crippen molar-refractivity contribution in [3.8, 4) is 0 Å². The normalized spacial score (nSPS) is 26.6. The summed E-state index contributed by atoms with van der Waals surface area (Å²) in [5, 5.41) is 3.38. The summed E-state index contributed by atoms with van der Waals surface area (Å²) >= 11 is 0. The highest BCUT2D eigenvalue weighted by Gasteiger charge is 2.17. The zero-order chi connectivity index (χ0) is 14.2. The average molecular weight is 280 g/mol. The van der Waals surface area contributed by atoms with Crippen LogP contribution >= 0.6 is 0 Å². The molecule has 2 aliphatic rings. The predicted molar refractivity (Wildman–Crippen MR) is 86.0 cm³/mol. The van der Waals surface area contributed by atoms with Crippen molar-refractivity contribution in [3.05, 3.63) is 0 Å². The van der Waals surface area contributed by atoms with Crippen molar-refractivity contribution >= 4 is 5.96 Å². The number of aliphatic imine (C=N–C) groups is 1. The maximum absolute atomic E-state index is 5.98. The van der Waals surface area contributed by atoms with E-state index in [4.69, 9.17) is 5.73 Å². The standard InChI is InChI=1S/C16H32N4/c1-14-8-5-6-12-20(14)13-7-11-18-16(17)19-15-9-3-2-4-10-15/h14-15H,2-13H2,1H3,(H3,17,18,19). The van der Waals surface area contributed by atoms with Crippen LogP contribution in [0.3, 0.4) is 0 Å². The molecule has 1 atom stereocenters. The molecule has 1 saturated carbocycles. The highest BCUT2D eigenvalue weighted by molar-refractivity contribution is 5.78. The van der Waals surface area contributed by atoms with E-state index in [1.165, 1.54) is 64.5 Å². The molecule has 0 aromatic rings. The van der Waals surface area contributed by atoms with Crippen molar-refractivity contribution in [2.24, 2.45) is 10.7 Å². The Hall–Kier alpha value is -0.770. The molecule has 0 radical (unpaired) electrons. The van der Waals surface area contributed by atoms with Crippen molar-refractivity contribution in [1.29, 1.82) is 0 Å². The van der Waals surface area contributed by atoms with Crippen LogP contribution in [0.5, 0.6) is 0 Å². The Morgan fingerprint density at radius 1 is 1.15 bits per heavy atom. The quantitative estimate of drug-likeness (QED) is 0.462. The molecule has 20 heavy (non-hydrogen) atoms. The number of piperidine rings is 1. The Kier molecular flexibility index (Phi) is 6.64. The van der Waals surface area contributed by atoms with Crippen LogP contribution in [-0.2, 0) is 0 Å². The van der Waals surface area contributed by atoms with Gasteiger partial charge in [-0.25, -0.2) is 0 Å². The van der Waals surface area contributed by atoms with Gasteiger partial charge in [-0.2, -0.15) is 0 Å². The minimum Gasteiger partial charge on any atom is -0.370 e. The Morgan fingerprint density at radius 2 is 1.90 bits per heavy atom. The molecule has 4 heteroatoms. The highest BCUT2D eigenvalue weighted by Crippen LogP contribution is 2.17. The van der Waals surface area contributed by atoms with Crippen molar-refractivity contribution in [3.63, 3.8) is 0 Å². The van der Waals surface area contributed by atoms with E-state index in [1.54, 1.807) is 0 Å². The lowest BCUT2D eigenvalue weighted by molar-refractivity contribution is 0.160. The van der Waals surface area contributed by atoms with Gasteiger partial charge in [0.1, 0.15) is 0 Å². The van der Waals surface area contributed by atoms with Gasteiger partial charge in [0.15, 0.2) is 5.96 Å². The third-order valence-electron chi connectivity index (χ3n) is 4.78. The zero-order valence-electron chi connectivity index (χ0n) is 13.1. The van der Waals surface area contributed by atoms with Gasteiger partial charge in [-0.15, -0.1) is 0 Å². The molecule has 2 fully saturated rings. The SMILES string of the molecule is CC1CCCCN1CCCN=C(N)NC1CCCCC1. The van der Waals surface area contributed by atoms with Gasteiger partial charge in [0.2, 0.25) is 0 Å². The minimum atomic E-state index is 0.564. The van der Waals surface area contributed by atoms with Gasteiger partial charge in [-0.3, -0.25) is 4.99 Å². The first-order chi connectivity index (χ1) is 9.75. The summed E-state index contributed by atoms with van der Waals surface area (Å²) in [5.74, 6) is 0.656. The van der Waals surface area contributed by atoms with E-state index in [0.29, 0.717) is 12.0 Å². The Bertz CT molecular complexity index is 297. The van der Waals surface area contributed by atoms with E-state index in [2.05, 4.69) is 22.1 Å². The van der Waals surface area contributed by atoms with Crippen LogP contribution in [0, 0.1) is 0 Å². The smallest absolute Gasteiger partial charge is 0.188 e. The number of nitrogens with one attached hydrogen (secondary N) is 1. The number of nitrogens with two attached hydrogens (primary N) is 1. The summed E-state index contributed by atoms with van der Waals surface area (Å²) in [6.45, 7) is 5.64. The third-order valence-corrected chi connectivity index (χ3v) is 4.78. The average Bonchev–Trinajstić information content (AvgIpc) is 2.46. The van der Waals surface area contributed by atoms with Gasteiger partial charge < -0.3 is 16.0 Å². The Balaban J connectivity index is 1.59. The van der Waals surface area contributed by atoms with Gasteiger partial charge in [0, 0.05) is 25.2 Å². The number of hydrogen-bond acceptors (Lipinski definition) is 2. The lowest BCUT2D eigenvalue weighted by Crippen LogP contribution is -2.41. The molecule has 116 valence electrons. The second-order valence-corrected chi connectivity index (χ2v) is 6.48. The van der Waals surface area contributed by atoms with Crippen LogP contribution in [0.15, 0.2) is 4.99 Å². The van der Waals surface area contributed by atoms with Gasteiger partial charge in [0.25, 0.3) is 0 Å². The molecule has 1 aliphatic carbocycles. The van der Waals surface area contributed by atoms with Crippen molar-refractivity contribution in [2.45, 2.75) is 76.8 Å². The van der Waals surface area contributed by atoms with Crippen molar-refractivity contribution in [1.82, 2.24) is 10.2 Å². The summed E-state index contributed by atoms with van der Waals surface area (Å²) in [5.41, 5.74) is 5.98. The number of nitrogens with zero attached hydrogens (tertiary/aromatic N) is 2. The topological polar surface area (TPSA) is 53.6 Å². The first-order valence-corrected chi connectivity index (χ1v) is 8.56. The van der Waals surface area contributed by atoms with E-state index in [0.717, 1.165) is 19.0 Å². The molecule has 1 heterocycles. The molecule has 0 spiro atoms. The summed E-state index contributed by atoms with van der Waals surface area (Å²) in [7, 11) is 0. The number of hydrogen-bond donors (Lipinski definition) is 2. The number of rotatable bonds is 5.